The van der Waals surface area contributed by atoms with Crippen molar-refractivity contribution in [1.29, 1.82) is 0 Å². The van der Waals surface area contributed by atoms with E-state index in [-0.39, 0.29) is 6.10 Å². The van der Waals surface area contributed by atoms with E-state index >= 15 is 0 Å². The van der Waals surface area contributed by atoms with Gasteiger partial charge in [-0.2, -0.15) is 0 Å². The van der Waals surface area contributed by atoms with Crippen molar-refractivity contribution in [2.45, 2.75) is 155 Å². The van der Waals surface area contributed by atoms with Crippen LogP contribution in [0.2, 0.25) is 0 Å². The predicted molar refractivity (Wildman–Crippen MR) is 182 cm³/mol. The van der Waals surface area contributed by atoms with Gasteiger partial charge in [-0.25, -0.2) is 0 Å². The topological polar surface area (TPSA) is 27.7 Å². The quantitative estimate of drug-likeness (QED) is 0.0834. The van der Waals surface area contributed by atoms with E-state index in [1.54, 1.807) is 0 Å². The fraction of sp³-hybridized carbons (Fsp3) is 0.667. The van der Waals surface area contributed by atoms with Gasteiger partial charge in [0.25, 0.3) is 0 Å². The first kappa shape index (κ1) is 35.8. The van der Waals surface area contributed by atoms with Crippen molar-refractivity contribution < 1.29 is 13.6 Å². The average molecular weight is 603 g/mol. The number of hydrogen-bond donors (Lipinski definition) is 0. The lowest BCUT2D eigenvalue weighted by Crippen LogP contribution is -2.16. The zero-order valence-electron chi connectivity index (χ0n) is 26.7. The van der Waals surface area contributed by atoms with Crippen LogP contribution >= 0.6 is 6.72 Å². The van der Waals surface area contributed by atoms with Crippen LogP contribution in [0.15, 0.2) is 54.6 Å². The maximum absolute atomic E-state index is 6.68. The molecule has 0 N–H and O–H groups in total. The first-order valence-corrected chi connectivity index (χ1v) is 19.4. The first-order valence-electron chi connectivity index (χ1n) is 16.9. The van der Waals surface area contributed by atoms with Gasteiger partial charge >= 0.3 is 6.72 Å². The Labute approximate surface area is 258 Å². The average Bonchev–Trinajstić information content (AvgIpc) is 2.98. The van der Waals surface area contributed by atoms with Crippen LogP contribution in [0.25, 0.3) is 0 Å². The molecule has 2 aromatic carbocycles. The summed E-state index contributed by atoms with van der Waals surface area (Å²) in [6.45, 7) is 5.89. The van der Waals surface area contributed by atoms with E-state index in [0.29, 0.717) is 11.7 Å². The van der Waals surface area contributed by atoms with Crippen molar-refractivity contribution in [2.75, 3.05) is 0 Å². The van der Waals surface area contributed by atoms with E-state index in [2.05, 4.69) is 45.9 Å². The van der Waals surface area contributed by atoms with Gasteiger partial charge in [0.15, 0.2) is 0 Å². The zero-order chi connectivity index (χ0) is 29.6. The molecular weight excluding hydrogens is 543 g/mol. The number of para-hydroxylation sites is 2. The molecule has 0 radical (unpaired) electrons. The number of benzene rings is 2. The number of rotatable bonds is 25. The highest BCUT2D eigenvalue weighted by molar-refractivity contribution is 8.07. The maximum Gasteiger partial charge on any atom is 0.435 e. The van der Waals surface area contributed by atoms with E-state index < -0.39 is 6.72 Å². The first-order chi connectivity index (χ1) is 20.0. The summed E-state index contributed by atoms with van der Waals surface area (Å²) in [7, 11) is 0. The highest BCUT2D eigenvalue weighted by Gasteiger charge is 2.30. The fourth-order valence-corrected chi connectivity index (χ4v) is 7.91. The Kier molecular flexibility index (Phi) is 19.4. The van der Waals surface area contributed by atoms with Crippen LogP contribution in [-0.4, -0.2) is 6.10 Å². The van der Waals surface area contributed by atoms with Gasteiger partial charge in [0, 0.05) is 11.8 Å². The standard InChI is InChI=1S/C36H59O3PS/c1-5-9-11-12-13-14-15-16-17-20-27-33(8-4)37-40(41,38-34-28-21-18-22-29-34)39-36-31-24-23-30-35(36)32(25-7-3)26-19-10-6-2/h18,21-24,28-33H,5-17,19-20,25-27H2,1-4H3. The molecule has 0 fully saturated rings. The van der Waals surface area contributed by atoms with Crippen molar-refractivity contribution >= 4 is 18.5 Å². The van der Waals surface area contributed by atoms with Gasteiger partial charge in [-0.1, -0.05) is 154 Å². The number of hydrogen-bond acceptors (Lipinski definition) is 4. The summed E-state index contributed by atoms with van der Waals surface area (Å²) < 4.78 is 19.7. The molecular formula is C36H59O3PS. The summed E-state index contributed by atoms with van der Waals surface area (Å²) in [4.78, 5) is 0. The summed E-state index contributed by atoms with van der Waals surface area (Å²) in [5.41, 5.74) is 1.24. The van der Waals surface area contributed by atoms with E-state index in [4.69, 9.17) is 25.4 Å². The summed E-state index contributed by atoms with van der Waals surface area (Å²) in [6.07, 6.45) is 22.4. The Morgan fingerprint density at radius 2 is 1.15 bits per heavy atom. The number of unbranched alkanes of at least 4 members (excludes halogenated alkanes) is 11. The van der Waals surface area contributed by atoms with Crippen LogP contribution in [0.1, 0.15) is 155 Å². The Balaban J connectivity index is 2.07. The second kappa shape index (κ2) is 22.2. The van der Waals surface area contributed by atoms with Crippen LogP contribution in [0, 0.1) is 0 Å². The molecule has 3 nitrogen and oxygen atoms in total. The normalized spacial score (nSPS) is 14.3. The zero-order valence-corrected chi connectivity index (χ0v) is 28.4. The summed E-state index contributed by atoms with van der Waals surface area (Å²) in [6, 6.07) is 18.2. The molecule has 3 atom stereocenters. The van der Waals surface area contributed by atoms with E-state index in [1.165, 1.54) is 89.0 Å². The summed E-state index contributed by atoms with van der Waals surface area (Å²) in [5, 5.41) is 0. The van der Waals surface area contributed by atoms with Crippen LogP contribution in [0.5, 0.6) is 11.5 Å². The van der Waals surface area contributed by atoms with Gasteiger partial charge in [0.2, 0.25) is 0 Å². The third kappa shape index (κ3) is 15.1. The van der Waals surface area contributed by atoms with Gasteiger partial charge < -0.3 is 9.05 Å². The third-order valence-electron chi connectivity index (χ3n) is 7.94. The lowest BCUT2D eigenvalue weighted by molar-refractivity contribution is 0.159. The second-order valence-electron chi connectivity index (χ2n) is 11.6. The van der Waals surface area contributed by atoms with Gasteiger partial charge in [0.1, 0.15) is 11.5 Å². The third-order valence-corrected chi connectivity index (χ3v) is 10.1. The molecule has 41 heavy (non-hydrogen) atoms. The molecule has 0 bridgehead atoms. The molecule has 2 aromatic rings. The van der Waals surface area contributed by atoms with Crippen molar-refractivity contribution in [3.05, 3.63) is 60.2 Å². The second-order valence-corrected chi connectivity index (χ2v) is 14.4. The minimum absolute atomic E-state index is 0.0294. The Morgan fingerprint density at radius 1 is 0.585 bits per heavy atom. The fourth-order valence-electron chi connectivity index (χ4n) is 5.51. The molecule has 0 aliphatic heterocycles. The molecule has 3 unspecified atom stereocenters. The SMILES string of the molecule is CCCCCCCCCCCCC(CC)OP(=S)(Oc1ccccc1)Oc1ccccc1C(CCC)CCCCC. The molecule has 0 heterocycles. The van der Waals surface area contributed by atoms with Crippen LogP contribution < -0.4 is 9.05 Å². The summed E-state index contributed by atoms with van der Waals surface area (Å²) >= 11 is 6.15. The van der Waals surface area contributed by atoms with Crippen molar-refractivity contribution in [3.63, 3.8) is 0 Å². The smallest absolute Gasteiger partial charge is 0.416 e. The molecule has 2 rings (SSSR count). The minimum Gasteiger partial charge on any atom is -0.416 e. The van der Waals surface area contributed by atoms with E-state index in [0.717, 1.165) is 37.9 Å². The molecule has 0 saturated heterocycles. The van der Waals surface area contributed by atoms with Gasteiger partial charge in [-0.15, -0.1) is 0 Å². The van der Waals surface area contributed by atoms with Crippen molar-refractivity contribution in [2.24, 2.45) is 0 Å². The highest BCUT2D eigenvalue weighted by atomic mass is 32.5. The van der Waals surface area contributed by atoms with Crippen LogP contribution in [-0.2, 0) is 16.3 Å². The van der Waals surface area contributed by atoms with Gasteiger partial charge in [0.05, 0.1) is 6.10 Å². The highest BCUT2D eigenvalue weighted by Crippen LogP contribution is 2.53. The maximum atomic E-state index is 6.68. The van der Waals surface area contributed by atoms with Crippen LogP contribution in [0.3, 0.4) is 0 Å². The molecule has 0 amide bonds. The summed E-state index contributed by atoms with van der Waals surface area (Å²) in [5.74, 6) is 1.99. The van der Waals surface area contributed by atoms with E-state index in [9.17, 15) is 0 Å². The molecule has 5 heteroatoms. The Bertz CT molecular complexity index is 951. The Morgan fingerprint density at radius 3 is 1.78 bits per heavy atom. The van der Waals surface area contributed by atoms with Crippen molar-refractivity contribution in [1.82, 2.24) is 0 Å². The largest absolute Gasteiger partial charge is 0.435 e. The predicted octanol–water partition coefficient (Wildman–Crippen LogP) is 12.9. The van der Waals surface area contributed by atoms with E-state index in [1.807, 2.05) is 36.4 Å². The Hall–Kier alpha value is -1.35. The molecule has 0 aliphatic carbocycles. The monoisotopic (exact) mass is 602 g/mol. The molecule has 232 valence electrons. The van der Waals surface area contributed by atoms with Crippen molar-refractivity contribution in [3.8, 4) is 11.5 Å². The lowest BCUT2D eigenvalue weighted by atomic mass is 9.89. The molecule has 0 aromatic heterocycles. The van der Waals surface area contributed by atoms with Crippen LogP contribution in [0.4, 0.5) is 0 Å². The molecule has 0 aliphatic rings. The molecule has 0 spiro atoms. The lowest BCUT2D eigenvalue weighted by Gasteiger charge is -2.29. The van der Waals surface area contributed by atoms with Gasteiger partial charge in [-0.05, 0) is 55.4 Å². The molecule has 0 saturated carbocycles. The van der Waals surface area contributed by atoms with Gasteiger partial charge in [-0.3, -0.25) is 4.52 Å². The minimum atomic E-state index is -3.10.